The standard InChI is InChI=1S/C15H14N2/c1-11-3-4-12(2)15(7-11)13-5-6-14-8-16-10-17(14)9-13/h3-10H,1-2H3. The zero-order valence-electron chi connectivity index (χ0n) is 10.0. The Bertz CT molecular complexity index is 680. The van der Waals surface area contributed by atoms with Crippen molar-refractivity contribution in [3.05, 3.63) is 60.2 Å². The number of benzene rings is 1. The smallest absolute Gasteiger partial charge is 0.0992 e. The summed E-state index contributed by atoms with van der Waals surface area (Å²) in [7, 11) is 0. The van der Waals surface area contributed by atoms with Crippen molar-refractivity contribution in [2.24, 2.45) is 0 Å². The third-order valence-corrected chi connectivity index (χ3v) is 3.11. The summed E-state index contributed by atoms with van der Waals surface area (Å²) in [4.78, 5) is 4.14. The summed E-state index contributed by atoms with van der Waals surface area (Å²) in [5.41, 5.74) is 6.24. The first-order chi connectivity index (χ1) is 8.24. The van der Waals surface area contributed by atoms with E-state index in [9.17, 15) is 0 Å². The summed E-state index contributed by atoms with van der Waals surface area (Å²) in [6.07, 6.45) is 5.83. The van der Waals surface area contributed by atoms with Crippen molar-refractivity contribution in [2.45, 2.75) is 13.8 Å². The molecule has 0 unspecified atom stereocenters. The molecule has 0 aliphatic rings. The van der Waals surface area contributed by atoms with Gasteiger partial charge in [-0.25, -0.2) is 4.98 Å². The van der Waals surface area contributed by atoms with E-state index in [-0.39, 0.29) is 0 Å². The van der Waals surface area contributed by atoms with Gasteiger partial charge in [0.05, 0.1) is 18.0 Å². The van der Waals surface area contributed by atoms with Crippen molar-refractivity contribution >= 4 is 5.52 Å². The van der Waals surface area contributed by atoms with Gasteiger partial charge >= 0.3 is 0 Å². The predicted octanol–water partition coefficient (Wildman–Crippen LogP) is 3.62. The molecule has 2 heterocycles. The molecule has 0 fully saturated rings. The van der Waals surface area contributed by atoms with Gasteiger partial charge in [-0.15, -0.1) is 0 Å². The largest absolute Gasteiger partial charge is 0.306 e. The highest BCUT2D eigenvalue weighted by molar-refractivity contribution is 5.69. The van der Waals surface area contributed by atoms with Gasteiger partial charge < -0.3 is 4.40 Å². The van der Waals surface area contributed by atoms with Crippen LogP contribution < -0.4 is 0 Å². The van der Waals surface area contributed by atoms with E-state index in [4.69, 9.17) is 0 Å². The van der Waals surface area contributed by atoms with E-state index < -0.39 is 0 Å². The van der Waals surface area contributed by atoms with E-state index in [1.165, 1.54) is 22.3 Å². The van der Waals surface area contributed by atoms with E-state index in [0.717, 1.165) is 5.52 Å². The number of pyridine rings is 1. The minimum Gasteiger partial charge on any atom is -0.306 e. The molecule has 3 rings (SSSR count). The molecular formula is C15H14N2. The van der Waals surface area contributed by atoms with Crippen LogP contribution in [0.4, 0.5) is 0 Å². The molecule has 2 nitrogen and oxygen atoms in total. The highest BCUT2D eigenvalue weighted by Crippen LogP contribution is 2.24. The lowest BCUT2D eigenvalue weighted by molar-refractivity contribution is 1.15. The lowest BCUT2D eigenvalue weighted by Crippen LogP contribution is -1.88. The Labute approximate surface area is 101 Å². The molecule has 0 saturated heterocycles. The topological polar surface area (TPSA) is 17.3 Å². The summed E-state index contributed by atoms with van der Waals surface area (Å²) in [5.74, 6) is 0. The molecule has 17 heavy (non-hydrogen) atoms. The number of fused-ring (bicyclic) bond motifs is 1. The van der Waals surface area contributed by atoms with Crippen LogP contribution in [0.1, 0.15) is 11.1 Å². The van der Waals surface area contributed by atoms with E-state index in [1.54, 1.807) is 0 Å². The molecule has 0 amide bonds. The van der Waals surface area contributed by atoms with Crippen molar-refractivity contribution in [2.75, 3.05) is 0 Å². The zero-order chi connectivity index (χ0) is 11.8. The molecule has 1 aromatic carbocycles. The summed E-state index contributed by atoms with van der Waals surface area (Å²) in [5, 5.41) is 0. The molecule has 2 heteroatoms. The highest BCUT2D eigenvalue weighted by Gasteiger charge is 2.03. The second-order valence-electron chi connectivity index (χ2n) is 4.46. The first kappa shape index (κ1) is 10.1. The summed E-state index contributed by atoms with van der Waals surface area (Å²) < 4.78 is 2.05. The fourth-order valence-corrected chi connectivity index (χ4v) is 2.13. The molecule has 2 aromatic heterocycles. The first-order valence-corrected chi connectivity index (χ1v) is 5.73. The Morgan fingerprint density at radius 2 is 1.94 bits per heavy atom. The Hall–Kier alpha value is -2.09. The normalized spacial score (nSPS) is 10.9. The molecule has 0 aliphatic heterocycles. The number of hydrogen-bond acceptors (Lipinski definition) is 1. The number of aromatic nitrogens is 2. The zero-order valence-corrected chi connectivity index (χ0v) is 10.0. The maximum atomic E-state index is 4.14. The van der Waals surface area contributed by atoms with Crippen LogP contribution in [-0.4, -0.2) is 9.38 Å². The van der Waals surface area contributed by atoms with Gasteiger partial charge in [0.1, 0.15) is 0 Å². The maximum Gasteiger partial charge on any atom is 0.0992 e. The Balaban J connectivity index is 2.22. The lowest BCUT2D eigenvalue weighted by atomic mass is 10.00. The Kier molecular flexibility index (Phi) is 2.22. The minimum absolute atomic E-state index is 1.12. The summed E-state index contributed by atoms with van der Waals surface area (Å²) in [6, 6.07) is 10.8. The van der Waals surface area contributed by atoms with Crippen LogP contribution >= 0.6 is 0 Å². The first-order valence-electron chi connectivity index (χ1n) is 5.73. The van der Waals surface area contributed by atoms with Gasteiger partial charge in [-0.3, -0.25) is 0 Å². The third-order valence-electron chi connectivity index (χ3n) is 3.11. The molecule has 84 valence electrons. The molecule has 0 radical (unpaired) electrons. The van der Waals surface area contributed by atoms with E-state index in [2.05, 4.69) is 59.8 Å². The fourth-order valence-electron chi connectivity index (χ4n) is 2.13. The van der Waals surface area contributed by atoms with Crippen molar-refractivity contribution in [3.63, 3.8) is 0 Å². The van der Waals surface area contributed by atoms with Crippen LogP contribution in [0.15, 0.2) is 49.1 Å². The van der Waals surface area contributed by atoms with Crippen molar-refractivity contribution in [1.29, 1.82) is 0 Å². The van der Waals surface area contributed by atoms with Crippen molar-refractivity contribution in [1.82, 2.24) is 9.38 Å². The van der Waals surface area contributed by atoms with Gasteiger partial charge in [0.2, 0.25) is 0 Å². The SMILES string of the molecule is Cc1ccc(C)c(-c2ccc3cncn3c2)c1. The molecule has 0 N–H and O–H groups in total. The van der Waals surface area contributed by atoms with Crippen molar-refractivity contribution < 1.29 is 0 Å². The number of rotatable bonds is 1. The van der Waals surface area contributed by atoms with Crippen LogP contribution in [0.5, 0.6) is 0 Å². The van der Waals surface area contributed by atoms with Crippen LogP contribution in [0.2, 0.25) is 0 Å². The molecular weight excluding hydrogens is 208 g/mol. The highest BCUT2D eigenvalue weighted by atomic mass is 15.0. The fraction of sp³-hybridized carbons (Fsp3) is 0.133. The quantitative estimate of drug-likeness (QED) is 0.614. The Morgan fingerprint density at radius 1 is 1.06 bits per heavy atom. The van der Waals surface area contributed by atoms with Gasteiger partial charge in [-0.2, -0.15) is 0 Å². The molecule has 0 aliphatic carbocycles. The molecule has 0 spiro atoms. The average Bonchev–Trinajstić information content (AvgIpc) is 2.79. The maximum absolute atomic E-state index is 4.14. The van der Waals surface area contributed by atoms with Gasteiger partial charge in [-0.05, 0) is 36.6 Å². The second-order valence-corrected chi connectivity index (χ2v) is 4.46. The van der Waals surface area contributed by atoms with Gasteiger partial charge in [0.25, 0.3) is 0 Å². The van der Waals surface area contributed by atoms with Gasteiger partial charge in [0.15, 0.2) is 0 Å². The van der Waals surface area contributed by atoms with E-state index in [0.29, 0.717) is 0 Å². The van der Waals surface area contributed by atoms with Crippen LogP contribution in [0.25, 0.3) is 16.6 Å². The van der Waals surface area contributed by atoms with Gasteiger partial charge in [0, 0.05) is 6.20 Å². The number of imidazole rings is 1. The molecule has 0 atom stereocenters. The minimum atomic E-state index is 1.12. The summed E-state index contributed by atoms with van der Waals surface area (Å²) >= 11 is 0. The number of nitrogens with zero attached hydrogens (tertiary/aromatic N) is 2. The third kappa shape index (κ3) is 1.72. The van der Waals surface area contributed by atoms with Crippen LogP contribution in [0, 0.1) is 13.8 Å². The predicted molar refractivity (Wildman–Crippen MR) is 70.1 cm³/mol. The molecule has 0 bridgehead atoms. The van der Waals surface area contributed by atoms with E-state index in [1.807, 2.05) is 12.5 Å². The Morgan fingerprint density at radius 3 is 2.82 bits per heavy atom. The monoisotopic (exact) mass is 222 g/mol. The van der Waals surface area contributed by atoms with Crippen LogP contribution in [-0.2, 0) is 0 Å². The molecule has 0 saturated carbocycles. The van der Waals surface area contributed by atoms with Crippen LogP contribution in [0.3, 0.4) is 0 Å². The second kappa shape index (κ2) is 3.74. The molecule has 3 aromatic rings. The number of hydrogen-bond donors (Lipinski definition) is 0. The lowest BCUT2D eigenvalue weighted by Gasteiger charge is -2.08. The number of aryl methyl sites for hydroxylation is 2. The summed E-state index contributed by atoms with van der Waals surface area (Å²) in [6.45, 7) is 4.27. The van der Waals surface area contributed by atoms with E-state index >= 15 is 0 Å². The van der Waals surface area contributed by atoms with Crippen molar-refractivity contribution in [3.8, 4) is 11.1 Å². The average molecular weight is 222 g/mol. The van der Waals surface area contributed by atoms with Gasteiger partial charge in [-0.1, -0.05) is 29.8 Å².